The molecule has 3 N–H and O–H groups in total. The number of hydrogen-bond donors (Lipinski definition) is 2. The average molecular weight is 363 g/mol. The number of nitrogens with one attached hydrogen (secondary N) is 1. The lowest BCUT2D eigenvalue weighted by molar-refractivity contribution is 0.282. The molecule has 1 saturated heterocycles. The summed E-state index contributed by atoms with van der Waals surface area (Å²) >= 11 is 0. The van der Waals surface area contributed by atoms with Crippen molar-refractivity contribution in [3.05, 3.63) is 59.7 Å². The first-order valence-electron chi connectivity index (χ1n) is 8.59. The van der Waals surface area contributed by atoms with Crippen molar-refractivity contribution in [3.63, 3.8) is 0 Å². The smallest absolute Gasteiger partial charge is 0.161 e. The van der Waals surface area contributed by atoms with Gasteiger partial charge in [-0.25, -0.2) is 0 Å². The van der Waals surface area contributed by atoms with E-state index in [0.717, 1.165) is 48.6 Å². The lowest BCUT2D eigenvalue weighted by Gasteiger charge is -2.28. The highest BCUT2D eigenvalue weighted by Gasteiger charge is 2.22. The van der Waals surface area contributed by atoms with E-state index in [1.165, 1.54) is 0 Å². The number of nitrogens with two attached hydrogens (primary N) is 1. The van der Waals surface area contributed by atoms with Crippen molar-refractivity contribution in [1.29, 1.82) is 0 Å². The summed E-state index contributed by atoms with van der Waals surface area (Å²) in [6.45, 7) is 2.61. The highest BCUT2D eigenvalue weighted by Crippen LogP contribution is 2.34. The molecule has 136 valence electrons. The minimum Gasteiger partial charge on any atom is -0.493 e. The van der Waals surface area contributed by atoms with E-state index in [1.54, 1.807) is 7.11 Å². The van der Waals surface area contributed by atoms with E-state index < -0.39 is 0 Å². The third-order valence-corrected chi connectivity index (χ3v) is 4.70. The Morgan fingerprint density at radius 3 is 2.48 bits per heavy atom. The van der Waals surface area contributed by atoms with E-state index in [2.05, 4.69) is 23.5 Å². The lowest BCUT2D eigenvalue weighted by atomic mass is 9.86. The number of methoxy groups -OCH3 is 1. The van der Waals surface area contributed by atoms with E-state index >= 15 is 0 Å². The minimum atomic E-state index is 0. The highest BCUT2D eigenvalue weighted by molar-refractivity contribution is 5.85. The van der Waals surface area contributed by atoms with Crippen LogP contribution in [0.3, 0.4) is 0 Å². The maximum Gasteiger partial charge on any atom is 0.161 e. The monoisotopic (exact) mass is 362 g/mol. The van der Waals surface area contributed by atoms with E-state index in [1.807, 2.05) is 30.3 Å². The van der Waals surface area contributed by atoms with Crippen LogP contribution >= 0.6 is 12.4 Å². The van der Waals surface area contributed by atoms with Crippen LogP contribution in [0.5, 0.6) is 11.5 Å². The fourth-order valence-corrected chi connectivity index (χ4v) is 3.22. The zero-order valence-electron chi connectivity index (χ0n) is 14.6. The SMILES string of the molecule is COc1ccc([C@H](N)C2CCNCC2)cc1OCc1ccccc1.Cl. The molecule has 1 fully saturated rings. The van der Waals surface area contributed by atoms with Gasteiger partial charge in [0.05, 0.1) is 7.11 Å². The van der Waals surface area contributed by atoms with Crippen LogP contribution in [0.15, 0.2) is 48.5 Å². The third kappa shape index (κ3) is 5.11. The average Bonchev–Trinajstić information content (AvgIpc) is 2.67. The van der Waals surface area contributed by atoms with Gasteiger partial charge in [0.2, 0.25) is 0 Å². The van der Waals surface area contributed by atoms with Crippen LogP contribution in [0, 0.1) is 5.92 Å². The Hall–Kier alpha value is -1.75. The van der Waals surface area contributed by atoms with Gasteiger partial charge < -0.3 is 20.5 Å². The Morgan fingerprint density at radius 1 is 1.08 bits per heavy atom. The number of ether oxygens (including phenoxy) is 2. The van der Waals surface area contributed by atoms with Gasteiger partial charge in [-0.3, -0.25) is 0 Å². The molecule has 0 bridgehead atoms. The maximum absolute atomic E-state index is 6.51. The lowest BCUT2D eigenvalue weighted by Crippen LogP contribution is -2.33. The van der Waals surface area contributed by atoms with Crippen molar-refractivity contribution in [2.24, 2.45) is 11.7 Å². The molecule has 5 heteroatoms. The van der Waals surface area contributed by atoms with Gasteiger partial charge in [0.1, 0.15) is 6.61 Å². The van der Waals surface area contributed by atoms with Crippen molar-refractivity contribution >= 4 is 12.4 Å². The Morgan fingerprint density at radius 2 is 1.80 bits per heavy atom. The van der Waals surface area contributed by atoms with Crippen LogP contribution in [0.4, 0.5) is 0 Å². The molecule has 0 radical (unpaired) electrons. The first kappa shape index (κ1) is 19.6. The van der Waals surface area contributed by atoms with Gasteiger partial charge in [-0.05, 0) is 55.1 Å². The largest absolute Gasteiger partial charge is 0.493 e. The second-order valence-electron chi connectivity index (χ2n) is 6.30. The van der Waals surface area contributed by atoms with Crippen LogP contribution < -0.4 is 20.5 Å². The van der Waals surface area contributed by atoms with Crippen LogP contribution in [-0.2, 0) is 6.61 Å². The Labute approximate surface area is 156 Å². The Bertz CT molecular complexity index is 645. The normalized spacial score (nSPS) is 15.9. The second-order valence-corrected chi connectivity index (χ2v) is 6.30. The maximum atomic E-state index is 6.51. The second kappa shape index (κ2) is 9.66. The number of benzene rings is 2. The summed E-state index contributed by atoms with van der Waals surface area (Å²) in [5.41, 5.74) is 8.76. The molecular weight excluding hydrogens is 336 g/mol. The molecule has 25 heavy (non-hydrogen) atoms. The van der Waals surface area contributed by atoms with E-state index in [0.29, 0.717) is 12.5 Å². The van der Waals surface area contributed by atoms with Gasteiger partial charge in [-0.15, -0.1) is 12.4 Å². The van der Waals surface area contributed by atoms with Gasteiger partial charge in [0, 0.05) is 6.04 Å². The Balaban J connectivity index is 0.00000225. The molecule has 0 amide bonds. The number of hydrogen-bond acceptors (Lipinski definition) is 4. The molecule has 0 saturated carbocycles. The Kier molecular flexibility index (Phi) is 7.56. The summed E-state index contributed by atoms with van der Waals surface area (Å²) in [6, 6.07) is 16.2. The summed E-state index contributed by atoms with van der Waals surface area (Å²) in [5, 5.41) is 3.39. The predicted octanol–water partition coefficient (Wildman–Crippen LogP) is 3.70. The molecule has 0 aromatic heterocycles. The van der Waals surface area contributed by atoms with Crippen LogP contribution in [-0.4, -0.2) is 20.2 Å². The van der Waals surface area contributed by atoms with E-state index in [4.69, 9.17) is 15.2 Å². The van der Waals surface area contributed by atoms with Gasteiger partial charge in [-0.1, -0.05) is 36.4 Å². The van der Waals surface area contributed by atoms with Gasteiger partial charge >= 0.3 is 0 Å². The molecule has 1 aliphatic heterocycles. The fourth-order valence-electron chi connectivity index (χ4n) is 3.22. The molecule has 1 aliphatic rings. The quantitative estimate of drug-likeness (QED) is 0.822. The summed E-state index contributed by atoms with van der Waals surface area (Å²) in [6.07, 6.45) is 2.24. The molecule has 1 heterocycles. The molecule has 0 aliphatic carbocycles. The van der Waals surface area contributed by atoms with Crippen molar-refractivity contribution in [2.45, 2.75) is 25.5 Å². The van der Waals surface area contributed by atoms with Crippen LogP contribution in [0.2, 0.25) is 0 Å². The van der Waals surface area contributed by atoms with Crippen molar-refractivity contribution in [2.75, 3.05) is 20.2 Å². The molecule has 3 rings (SSSR count). The molecule has 0 unspecified atom stereocenters. The van der Waals surface area contributed by atoms with Gasteiger partial charge in [0.25, 0.3) is 0 Å². The summed E-state index contributed by atoms with van der Waals surface area (Å²) in [7, 11) is 1.66. The molecule has 4 nitrogen and oxygen atoms in total. The fraction of sp³-hybridized carbons (Fsp3) is 0.400. The number of rotatable bonds is 6. The minimum absolute atomic E-state index is 0. The summed E-state index contributed by atoms with van der Waals surface area (Å²) in [4.78, 5) is 0. The molecule has 2 aromatic rings. The highest BCUT2D eigenvalue weighted by atomic mass is 35.5. The summed E-state index contributed by atoms with van der Waals surface area (Å²) in [5.74, 6) is 2.01. The molecule has 2 aromatic carbocycles. The van der Waals surface area contributed by atoms with Crippen molar-refractivity contribution in [3.8, 4) is 11.5 Å². The first-order valence-corrected chi connectivity index (χ1v) is 8.59. The first-order chi connectivity index (χ1) is 11.8. The standard InChI is InChI=1S/C20H26N2O2.ClH/c1-23-18-8-7-17(20(21)16-9-11-22-12-10-16)13-19(18)24-14-15-5-3-2-4-6-15;/h2-8,13,16,20,22H,9-12,14,21H2,1H3;1H/t20-;/m1./s1. The van der Waals surface area contributed by atoms with E-state index in [-0.39, 0.29) is 18.4 Å². The van der Waals surface area contributed by atoms with E-state index in [9.17, 15) is 0 Å². The third-order valence-electron chi connectivity index (χ3n) is 4.70. The van der Waals surface area contributed by atoms with Gasteiger partial charge in [0.15, 0.2) is 11.5 Å². The molecular formula is C20H27ClN2O2. The zero-order valence-corrected chi connectivity index (χ0v) is 15.4. The van der Waals surface area contributed by atoms with Crippen LogP contribution in [0.1, 0.15) is 30.0 Å². The number of piperidine rings is 1. The van der Waals surface area contributed by atoms with Crippen molar-refractivity contribution < 1.29 is 9.47 Å². The van der Waals surface area contributed by atoms with Crippen LogP contribution in [0.25, 0.3) is 0 Å². The topological polar surface area (TPSA) is 56.5 Å². The molecule has 1 atom stereocenters. The molecule has 0 spiro atoms. The summed E-state index contributed by atoms with van der Waals surface area (Å²) < 4.78 is 11.4. The predicted molar refractivity (Wildman–Crippen MR) is 104 cm³/mol. The van der Waals surface area contributed by atoms with Crippen molar-refractivity contribution in [1.82, 2.24) is 5.32 Å². The van der Waals surface area contributed by atoms with Gasteiger partial charge in [-0.2, -0.15) is 0 Å². The number of halogens is 1. The zero-order chi connectivity index (χ0) is 16.8.